The van der Waals surface area contributed by atoms with Crippen LogP contribution in [0.4, 0.5) is 13.2 Å². The van der Waals surface area contributed by atoms with Crippen LogP contribution >= 0.6 is 12.4 Å². The SMILES string of the molecule is Cl.NC1(c2noc(-c3ccn(-c4cccc(C(F)(F)F)c4)n3)n2)CCC1. The van der Waals surface area contributed by atoms with Gasteiger partial charge in [-0.2, -0.15) is 23.3 Å². The van der Waals surface area contributed by atoms with Gasteiger partial charge in [-0.25, -0.2) is 4.68 Å². The largest absolute Gasteiger partial charge is 0.416 e. The van der Waals surface area contributed by atoms with Gasteiger partial charge >= 0.3 is 6.18 Å². The summed E-state index contributed by atoms with van der Waals surface area (Å²) in [6.07, 6.45) is -0.262. The molecule has 0 radical (unpaired) electrons. The molecule has 3 aromatic rings. The smallest absolute Gasteiger partial charge is 0.332 e. The van der Waals surface area contributed by atoms with Crippen molar-refractivity contribution < 1.29 is 17.7 Å². The van der Waals surface area contributed by atoms with Crippen LogP contribution in [0.3, 0.4) is 0 Å². The van der Waals surface area contributed by atoms with Gasteiger partial charge in [-0.05, 0) is 43.5 Å². The number of benzene rings is 1. The molecule has 0 saturated heterocycles. The summed E-state index contributed by atoms with van der Waals surface area (Å²) < 4.78 is 45.0. The average Bonchev–Trinajstić information content (AvgIpc) is 3.21. The van der Waals surface area contributed by atoms with Gasteiger partial charge < -0.3 is 10.3 Å². The van der Waals surface area contributed by atoms with Gasteiger partial charge in [-0.3, -0.25) is 0 Å². The summed E-state index contributed by atoms with van der Waals surface area (Å²) in [5.74, 6) is 0.625. The van der Waals surface area contributed by atoms with Crippen LogP contribution in [-0.4, -0.2) is 19.9 Å². The predicted molar refractivity (Wildman–Crippen MR) is 88.8 cm³/mol. The Bertz CT molecular complexity index is 917. The highest BCUT2D eigenvalue weighted by atomic mass is 35.5. The van der Waals surface area contributed by atoms with Gasteiger partial charge in [-0.15, -0.1) is 12.4 Å². The van der Waals surface area contributed by atoms with Crippen LogP contribution in [0.25, 0.3) is 17.3 Å². The van der Waals surface area contributed by atoms with E-state index < -0.39 is 17.3 Å². The van der Waals surface area contributed by atoms with Gasteiger partial charge in [0, 0.05) is 6.20 Å². The molecule has 1 aliphatic rings. The molecule has 0 bridgehead atoms. The molecule has 138 valence electrons. The maximum absolute atomic E-state index is 12.8. The number of alkyl halides is 3. The van der Waals surface area contributed by atoms with Crippen LogP contribution in [0.5, 0.6) is 0 Å². The summed E-state index contributed by atoms with van der Waals surface area (Å²) in [6, 6.07) is 6.51. The minimum absolute atomic E-state index is 0. The molecule has 0 aliphatic heterocycles. The molecule has 6 nitrogen and oxygen atoms in total. The Kier molecular flexibility index (Phi) is 4.53. The van der Waals surface area contributed by atoms with Crippen molar-refractivity contribution in [1.82, 2.24) is 19.9 Å². The van der Waals surface area contributed by atoms with Crippen LogP contribution in [0.15, 0.2) is 41.1 Å². The van der Waals surface area contributed by atoms with E-state index in [9.17, 15) is 13.2 Å². The van der Waals surface area contributed by atoms with Crippen molar-refractivity contribution in [3.8, 4) is 17.3 Å². The highest BCUT2D eigenvalue weighted by molar-refractivity contribution is 5.85. The van der Waals surface area contributed by atoms with E-state index >= 15 is 0 Å². The quantitative estimate of drug-likeness (QED) is 0.743. The molecule has 4 rings (SSSR count). The van der Waals surface area contributed by atoms with Gasteiger partial charge in [-0.1, -0.05) is 11.2 Å². The maximum atomic E-state index is 12.8. The zero-order valence-electron chi connectivity index (χ0n) is 13.4. The Labute approximate surface area is 152 Å². The van der Waals surface area contributed by atoms with Gasteiger partial charge in [0.2, 0.25) is 0 Å². The van der Waals surface area contributed by atoms with Crippen molar-refractivity contribution in [1.29, 1.82) is 0 Å². The van der Waals surface area contributed by atoms with Crippen molar-refractivity contribution in [2.24, 2.45) is 5.73 Å². The number of halogens is 4. The van der Waals surface area contributed by atoms with E-state index in [2.05, 4.69) is 15.2 Å². The molecule has 0 unspecified atom stereocenters. The van der Waals surface area contributed by atoms with E-state index in [1.165, 1.54) is 23.0 Å². The van der Waals surface area contributed by atoms with E-state index in [4.69, 9.17) is 10.3 Å². The highest BCUT2D eigenvalue weighted by Gasteiger charge is 2.39. The first kappa shape index (κ1) is 18.4. The predicted octanol–water partition coefficient (Wildman–Crippen LogP) is 3.70. The lowest BCUT2D eigenvalue weighted by Crippen LogP contribution is -2.44. The Hall–Kier alpha value is -2.39. The van der Waals surface area contributed by atoms with Crippen molar-refractivity contribution in [2.45, 2.75) is 31.0 Å². The molecule has 2 heterocycles. The zero-order valence-corrected chi connectivity index (χ0v) is 14.2. The lowest BCUT2D eigenvalue weighted by molar-refractivity contribution is -0.137. The zero-order chi connectivity index (χ0) is 17.7. The van der Waals surface area contributed by atoms with Gasteiger partial charge in [0.05, 0.1) is 16.8 Å². The van der Waals surface area contributed by atoms with Crippen LogP contribution in [0.1, 0.15) is 30.7 Å². The Balaban J connectivity index is 0.00000196. The first-order valence-corrected chi connectivity index (χ1v) is 7.72. The molecule has 10 heteroatoms. The fraction of sp³-hybridized carbons (Fsp3) is 0.312. The summed E-state index contributed by atoms with van der Waals surface area (Å²) in [6.45, 7) is 0. The van der Waals surface area contributed by atoms with Gasteiger partial charge in [0.15, 0.2) is 11.5 Å². The van der Waals surface area contributed by atoms with Crippen LogP contribution < -0.4 is 5.73 Å². The number of aromatic nitrogens is 4. The number of nitrogens with two attached hydrogens (primary N) is 1. The van der Waals surface area contributed by atoms with E-state index in [0.29, 0.717) is 11.5 Å². The summed E-state index contributed by atoms with van der Waals surface area (Å²) in [5, 5.41) is 8.13. The summed E-state index contributed by atoms with van der Waals surface area (Å²) >= 11 is 0. The first-order chi connectivity index (χ1) is 11.9. The van der Waals surface area contributed by atoms with E-state index in [1.54, 1.807) is 6.07 Å². The second-order valence-electron chi connectivity index (χ2n) is 6.13. The third kappa shape index (κ3) is 3.19. The van der Waals surface area contributed by atoms with Crippen LogP contribution in [0, 0.1) is 0 Å². The molecule has 1 saturated carbocycles. The molecular weight excluding hydrogens is 371 g/mol. The highest BCUT2D eigenvalue weighted by Crippen LogP contribution is 2.37. The third-order valence-corrected chi connectivity index (χ3v) is 4.36. The first-order valence-electron chi connectivity index (χ1n) is 7.72. The third-order valence-electron chi connectivity index (χ3n) is 4.36. The van der Waals surface area contributed by atoms with E-state index in [1.807, 2.05) is 0 Å². The van der Waals surface area contributed by atoms with Crippen LogP contribution in [0.2, 0.25) is 0 Å². The summed E-state index contributed by atoms with van der Waals surface area (Å²) in [5.41, 5.74) is 5.52. The van der Waals surface area contributed by atoms with Gasteiger partial charge in [0.25, 0.3) is 5.89 Å². The lowest BCUT2D eigenvalue weighted by Gasteiger charge is -2.34. The second-order valence-corrected chi connectivity index (χ2v) is 6.13. The van der Waals surface area contributed by atoms with Crippen molar-refractivity contribution in [3.63, 3.8) is 0 Å². The molecular formula is C16H15ClF3N5O. The molecule has 2 aromatic heterocycles. The van der Waals surface area contributed by atoms with Crippen LogP contribution in [-0.2, 0) is 11.7 Å². The van der Waals surface area contributed by atoms with Crippen molar-refractivity contribution in [3.05, 3.63) is 47.9 Å². The fourth-order valence-corrected chi connectivity index (χ4v) is 2.72. The van der Waals surface area contributed by atoms with E-state index in [0.717, 1.165) is 31.4 Å². The van der Waals surface area contributed by atoms with E-state index in [-0.39, 0.29) is 24.0 Å². The average molecular weight is 386 g/mol. The number of hydrogen-bond acceptors (Lipinski definition) is 5. The maximum Gasteiger partial charge on any atom is 0.416 e. The monoisotopic (exact) mass is 385 g/mol. The van der Waals surface area contributed by atoms with Gasteiger partial charge in [0.1, 0.15) is 0 Å². The second kappa shape index (κ2) is 6.40. The minimum atomic E-state index is -4.41. The lowest BCUT2D eigenvalue weighted by atomic mass is 9.77. The topological polar surface area (TPSA) is 82.8 Å². The fourth-order valence-electron chi connectivity index (χ4n) is 2.72. The number of nitrogens with zero attached hydrogens (tertiary/aromatic N) is 4. The minimum Gasteiger partial charge on any atom is -0.332 e. The Morgan fingerprint density at radius 1 is 1.19 bits per heavy atom. The number of rotatable bonds is 3. The summed E-state index contributed by atoms with van der Waals surface area (Å²) in [4.78, 5) is 4.28. The summed E-state index contributed by atoms with van der Waals surface area (Å²) in [7, 11) is 0. The molecule has 1 aliphatic carbocycles. The molecule has 0 atom stereocenters. The standard InChI is InChI=1S/C16H14F3N5O.ClH/c17-16(18,19)10-3-1-4-11(9-10)24-8-5-12(22-24)13-21-14(23-25-13)15(20)6-2-7-15;/h1,3-5,8-9H,2,6-7,20H2;1H. The molecule has 2 N–H and O–H groups in total. The number of hydrogen-bond donors (Lipinski definition) is 1. The molecule has 1 aromatic carbocycles. The normalized spacial score (nSPS) is 16.0. The molecule has 1 fully saturated rings. The molecule has 0 spiro atoms. The van der Waals surface area contributed by atoms with Crippen molar-refractivity contribution >= 4 is 12.4 Å². The van der Waals surface area contributed by atoms with Crippen molar-refractivity contribution in [2.75, 3.05) is 0 Å². The molecule has 26 heavy (non-hydrogen) atoms. The Morgan fingerprint density at radius 3 is 2.62 bits per heavy atom. The Morgan fingerprint density at radius 2 is 1.96 bits per heavy atom. The molecule has 0 amide bonds.